The van der Waals surface area contributed by atoms with Gasteiger partial charge in [-0.1, -0.05) is 15.9 Å². The maximum absolute atomic E-state index is 12.4. The Morgan fingerprint density at radius 3 is 2.58 bits per heavy atom. The molecule has 1 aliphatic rings. The second kappa shape index (κ2) is 4.96. The number of amides is 2. The summed E-state index contributed by atoms with van der Waals surface area (Å²) >= 11 is 3.39. The zero-order valence-electron chi connectivity index (χ0n) is 11.1. The highest BCUT2D eigenvalue weighted by molar-refractivity contribution is 9.10. The molecule has 1 aromatic rings. The SMILES string of the molecule is Cc1cc(Br)cc(C(=O)N2CCC(C)(C(N)=O)C2)c1. The fourth-order valence-electron chi connectivity index (χ4n) is 2.38. The summed E-state index contributed by atoms with van der Waals surface area (Å²) in [6.07, 6.45) is 0.626. The van der Waals surface area contributed by atoms with Gasteiger partial charge in [0.2, 0.25) is 5.91 Å². The van der Waals surface area contributed by atoms with Crippen molar-refractivity contribution < 1.29 is 9.59 Å². The molecule has 1 aromatic carbocycles. The Bertz CT molecular complexity index is 524. The average Bonchev–Trinajstić information content (AvgIpc) is 2.71. The third-order valence-corrected chi connectivity index (χ3v) is 4.10. The number of aryl methyl sites for hydroxylation is 1. The van der Waals surface area contributed by atoms with Gasteiger partial charge in [0.15, 0.2) is 0 Å². The predicted molar refractivity (Wildman–Crippen MR) is 76.7 cm³/mol. The third-order valence-electron chi connectivity index (χ3n) is 3.64. The average molecular weight is 325 g/mol. The summed E-state index contributed by atoms with van der Waals surface area (Å²) in [6.45, 7) is 4.73. The molecule has 1 unspecified atom stereocenters. The van der Waals surface area contributed by atoms with E-state index in [0.29, 0.717) is 25.1 Å². The minimum Gasteiger partial charge on any atom is -0.369 e. The first-order chi connectivity index (χ1) is 8.82. The minimum absolute atomic E-state index is 0.0469. The molecular formula is C14H17BrN2O2. The molecule has 0 aliphatic carbocycles. The van der Waals surface area contributed by atoms with Crippen molar-refractivity contribution in [2.75, 3.05) is 13.1 Å². The van der Waals surface area contributed by atoms with Crippen LogP contribution in [0.1, 0.15) is 29.3 Å². The maximum atomic E-state index is 12.4. The second-order valence-corrected chi connectivity index (χ2v) is 6.33. The lowest BCUT2D eigenvalue weighted by Crippen LogP contribution is -2.38. The van der Waals surface area contributed by atoms with Crippen LogP contribution in [0.5, 0.6) is 0 Å². The molecule has 102 valence electrons. The van der Waals surface area contributed by atoms with Gasteiger partial charge in [-0.3, -0.25) is 9.59 Å². The van der Waals surface area contributed by atoms with E-state index in [1.165, 1.54) is 0 Å². The van der Waals surface area contributed by atoms with E-state index in [0.717, 1.165) is 10.0 Å². The van der Waals surface area contributed by atoms with Gasteiger partial charge in [0.1, 0.15) is 0 Å². The van der Waals surface area contributed by atoms with Gasteiger partial charge in [0.05, 0.1) is 5.41 Å². The Labute approximate surface area is 121 Å². The molecule has 1 heterocycles. The van der Waals surface area contributed by atoms with Crippen molar-refractivity contribution in [3.8, 4) is 0 Å². The van der Waals surface area contributed by atoms with Crippen molar-refractivity contribution >= 4 is 27.7 Å². The first-order valence-electron chi connectivity index (χ1n) is 6.18. The quantitative estimate of drug-likeness (QED) is 0.905. The number of hydrogen-bond donors (Lipinski definition) is 1. The van der Waals surface area contributed by atoms with Gasteiger partial charge in [-0.05, 0) is 44.0 Å². The molecule has 4 nitrogen and oxygen atoms in total. The molecule has 2 rings (SSSR count). The van der Waals surface area contributed by atoms with Crippen LogP contribution in [0.3, 0.4) is 0 Å². The van der Waals surface area contributed by atoms with E-state index in [1.807, 2.05) is 26.0 Å². The molecular weight excluding hydrogens is 308 g/mol. The zero-order chi connectivity index (χ0) is 14.2. The van der Waals surface area contributed by atoms with Gasteiger partial charge in [0.25, 0.3) is 5.91 Å². The highest BCUT2D eigenvalue weighted by Gasteiger charge is 2.40. The number of hydrogen-bond acceptors (Lipinski definition) is 2. The number of nitrogens with zero attached hydrogens (tertiary/aromatic N) is 1. The van der Waals surface area contributed by atoms with E-state index >= 15 is 0 Å². The van der Waals surface area contributed by atoms with Crippen LogP contribution in [-0.2, 0) is 4.79 Å². The molecule has 1 atom stereocenters. The maximum Gasteiger partial charge on any atom is 0.253 e. The Morgan fingerprint density at radius 2 is 2.05 bits per heavy atom. The van der Waals surface area contributed by atoms with Crippen molar-refractivity contribution in [3.05, 3.63) is 33.8 Å². The number of halogens is 1. The van der Waals surface area contributed by atoms with E-state index in [2.05, 4.69) is 15.9 Å². The van der Waals surface area contributed by atoms with E-state index < -0.39 is 5.41 Å². The molecule has 0 radical (unpaired) electrons. The lowest BCUT2D eigenvalue weighted by Gasteiger charge is -2.21. The zero-order valence-corrected chi connectivity index (χ0v) is 12.7. The molecule has 0 spiro atoms. The van der Waals surface area contributed by atoms with Crippen LogP contribution >= 0.6 is 15.9 Å². The van der Waals surface area contributed by atoms with E-state index in [4.69, 9.17) is 5.73 Å². The summed E-state index contributed by atoms with van der Waals surface area (Å²) in [7, 11) is 0. The van der Waals surface area contributed by atoms with Gasteiger partial charge < -0.3 is 10.6 Å². The van der Waals surface area contributed by atoms with E-state index in [9.17, 15) is 9.59 Å². The number of nitrogens with two attached hydrogens (primary N) is 1. The van der Waals surface area contributed by atoms with Gasteiger partial charge in [-0.15, -0.1) is 0 Å². The van der Waals surface area contributed by atoms with Gasteiger partial charge >= 0.3 is 0 Å². The summed E-state index contributed by atoms with van der Waals surface area (Å²) in [5, 5.41) is 0. The molecule has 1 aliphatic heterocycles. The number of benzene rings is 1. The lowest BCUT2D eigenvalue weighted by atomic mass is 9.89. The molecule has 1 saturated heterocycles. The molecule has 0 aromatic heterocycles. The first kappa shape index (κ1) is 14.1. The minimum atomic E-state index is -0.600. The summed E-state index contributed by atoms with van der Waals surface area (Å²) in [6, 6.07) is 5.61. The van der Waals surface area contributed by atoms with Crippen LogP contribution in [0.4, 0.5) is 0 Å². The van der Waals surface area contributed by atoms with Crippen molar-refractivity contribution in [1.82, 2.24) is 4.90 Å². The van der Waals surface area contributed by atoms with Crippen LogP contribution in [0.25, 0.3) is 0 Å². The number of carbonyl (C=O) groups excluding carboxylic acids is 2. The molecule has 5 heteroatoms. The lowest BCUT2D eigenvalue weighted by molar-refractivity contribution is -0.126. The van der Waals surface area contributed by atoms with Crippen molar-refractivity contribution in [2.45, 2.75) is 20.3 Å². The third kappa shape index (κ3) is 2.81. The summed E-state index contributed by atoms with van der Waals surface area (Å²) in [5.41, 5.74) is 6.46. The summed E-state index contributed by atoms with van der Waals surface area (Å²) < 4.78 is 0.882. The largest absolute Gasteiger partial charge is 0.369 e. The molecule has 19 heavy (non-hydrogen) atoms. The monoisotopic (exact) mass is 324 g/mol. The van der Waals surface area contributed by atoms with Crippen LogP contribution in [0.2, 0.25) is 0 Å². The molecule has 2 amide bonds. The second-order valence-electron chi connectivity index (χ2n) is 5.42. The normalized spacial score (nSPS) is 22.6. The Hall–Kier alpha value is -1.36. The Balaban J connectivity index is 2.20. The number of likely N-dealkylation sites (tertiary alicyclic amines) is 1. The van der Waals surface area contributed by atoms with Crippen molar-refractivity contribution in [2.24, 2.45) is 11.1 Å². The van der Waals surface area contributed by atoms with Crippen LogP contribution in [0.15, 0.2) is 22.7 Å². The van der Waals surface area contributed by atoms with E-state index in [-0.39, 0.29) is 11.8 Å². The highest BCUT2D eigenvalue weighted by Crippen LogP contribution is 2.30. The Morgan fingerprint density at radius 1 is 1.37 bits per heavy atom. The summed E-state index contributed by atoms with van der Waals surface area (Å²) in [4.78, 5) is 25.5. The number of carbonyl (C=O) groups is 2. The number of primary amides is 1. The van der Waals surface area contributed by atoms with Crippen LogP contribution < -0.4 is 5.73 Å². The summed E-state index contributed by atoms with van der Waals surface area (Å²) in [5.74, 6) is -0.386. The van der Waals surface area contributed by atoms with Crippen LogP contribution in [-0.4, -0.2) is 29.8 Å². The van der Waals surface area contributed by atoms with Gasteiger partial charge in [0, 0.05) is 23.1 Å². The Kier molecular flexibility index (Phi) is 3.67. The molecule has 2 N–H and O–H groups in total. The fraction of sp³-hybridized carbons (Fsp3) is 0.429. The predicted octanol–water partition coefficient (Wildman–Crippen LogP) is 2.10. The fourth-order valence-corrected chi connectivity index (χ4v) is 2.99. The molecule has 1 fully saturated rings. The van der Waals surface area contributed by atoms with Crippen molar-refractivity contribution in [3.63, 3.8) is 0 Å². The van der Waals surface area contributed by atoms with E-state index in [1.54, 1.807) is 11.0 Å². The topological polar surface area (TPSA) is 63.4 Å². The van der Waals surface area contributed by atoms with Gasteiger partial charge in [-0.2, -0.15) is 0 Å². The number of rotatable bonds is 2. The van der Waals surface area contributed by atoms with Gasteiger partial charge in [-0.25, -0.2) is 0 Å². The standard InChI is InChI=1S/C14H17BrN2O2/c1-9-5-10(7-11(15)6-9)12(18)17-4-3-14(2,8-17)13(16)19/h5-7H,3-4,8H2,1-2H3,(H2,16,19). The smallest absolute Gasteiger partial charge is 0.253 e. The highest BCUT2D eigenvalue weighted by atomic mass is 79.9. The van der Waals surface area contributed by atoms with Crippen molar-refractivity contribution in [1.29, 1.82) is 0 Å². The molecule has 0 bridgehead atoms. The first-order valence-corrected chi connectivity index (χ1v) is 6.97. The van der Waals surface area contributed by atoms with Crippen LogP contribution in [0, 0.1) is 12.3 Å². The molecule has 0 saturated carbocycles.